The van der Waals surface area contributed by atoms with Crippen LogP contribution in [0.1, 0.15) is 41.0 Å². The van der Waals surface area contributed by atoms with Crippen molar-refractivity contribution in [2.24, 2.45) is 0 Å². The smallest absolute Gasteiger partial charge is 0.257 e. The summed E-state index contributed by atoms with van der Waals surface area (Å²) in [7, 11) is 0. The summed E-state index contributed by atoms with van der Waals surface area (Å²) in [5.41, 5.74) is 6.15. The maximum atomic E-state index is 13.1. The van der Waals surface area contributed by atoms with Crippen molar-refractivity contribution in [1.82, 2.24) is 14.9 Å². The highest BCUT2D eigenvalue weighted by Gasteiger charge is 2.20. The Bertz CT molecular complexity index is 979. The normalized spacial score (nSPS) is 10.5. The number of carbonyl (C=O) groups excluding carboxylic acids is 1. The molecule has 0 radical (unpaired) electrons. The zero-order chi connectivity index (χ0) is 19.6. The Hall–Kier alpha value is -2.66. The number of halogens is 1. The van der Waals surface area contributed by atoms with Crippen molar-refractivity contribution >= 4 is 40.7 Å². The van der Waals surface area contributed by atoms with Gasteiger partial charge in [0, 0.05) is 36.1 Å². The molecule has 5 nitrogen and oxygen atoms in total. The number of benzene rings is 1. The van der Waals surface area contributed by atoms with E-state index in [2.05, 4.69) is 47.3 Å². The largest absolute Gasteiger partial charge is 0.354 e. The number of anilines is 2. The Morgan fingerprint density at radius 1 is 1.04 bits per heavy atom. The fourth-order valence-corrected chi connectivity index (χ4v) is 3.34. The van der Waals surface area contributed by atoms with Gasteiger partial charge in [-0.3, -0.25) is 4.79 Å². The van der Waals surface area contributed by atoms with E-state index < -0.39 is 0 Å². The number of nitrogens with one attached hydrogen (secondary N) is 1. The molecule has 3 rings (SSSR count). The molecule has 0 aliphatic carbocycles. The van der Waals surface area contributed by atoms with Crippen molar-refractivity contribution in [1.29, 1.82) is 0 Å². The fourth-order valence-electron chi connectivity index (χ4n) is 3.34. The Labute approximate surface area is 172 Å². The number of pyridine rings is 2. The molecule has 0 spiro atoms. The molecule has 0 saturated heterocycles. The third-order valence-electron chi connectivity index (χ3n) is 4.64. The highest BCUT2D eigenvalue weighted by Crippen LogP contribution is 2.30. The second-order valence-electron chi connectivity index (χ2n) is 6.85. The predicted octanol–water partition coefficient (Wildman–Crippen LogP) is 5.20. The summed E-state index contributed by atoms with van der Waals surface area (Å²) >= 11 is 0. The zero-order valence-corrected chi connectivity index (χ0v) is 17.9. The van der Waals surface area contributed by atoms with Gasteiger partial charge in [-0.1, -0.05) is 6.07 Å². The summed E-state index contributed by atoms with van der Waals surface area (Å²) in [4.78, 5) is 23.9. The first-order chi connectivity index (χ1) is 12.9. The standard InChI is InChI=1S/C22H26N4O.ClH/c1-6-26(7-2)22(27)19-13-23-21-18(9-8-16(5)24-21)20(19)25-17-11-14(3)10-15(4)12-17;/h8-13H,6-7H2,1-5H3,(H,23,24,25);1H. The Balaban J connectivity index is 0.00000280. The predicted molar refractivity (Wildman–Crippen MR) is 118 cm³/mol. The van der Waals surface area contributed by atoms with Crippen LogP contribution in [0.3, 0.4) is 0 Å². The Kier molecular flexibility index (Phi) is 6.97. The van der Waals surface area contributed by atoms with Crippen LogP contribution in [0.25, 0.3) is 11.0 Å². The lowest BCUT2D eigenvalue weighted by Gasteiger charge is -2.21. The van der Waals surface area contributed by atoms with Crippen LogP contribution in [0.2, 0.25) is 0 Å². The lowest BCUT2D eigenvalue weighted by molar-refractivity contribution is 0.0774. The van der Waals surface area contributed by atoms with E-state index >= 15 is 0 Å². The molecule has 1 N–H and O–H groups in total. The van der Waals surface area contributed by atoms with E-state index in [4.69, 9.17) is 0 Å². The first-order valence-electron chi connectivity index (χ1n) is 9.33. The molecule has 6 heteroatoms. The zero-order valence-electron chi connectivity index (χ0n) is 17.0. The summed E-state index contributed by atoms with van der Waals surface area (Å²) in [6.45, 7) is 11.3. The van der Waals surface area contributed by atoms with Gasteiger partial charge in [0.2, 0.25) is 0 Å². The number of nitrogens with zero attached hydrogens (tertiary/aromatic N) is 3. The number of aromatic nitrogens is 2. The van der Waals surface area contributed by atoms with Gasteiger partial charge in [-0.2, -0.15) is 0 Å². The lowest BCUT2D eigenvalue weighted by atomic mass is 10.1. The van der Waals surface area contributed by atoms with Crippen LogP contribution < -0.4 is 5.32 Å². The minimum Gasteiger partial charge on any atom is -0.354 e. The molecule has 0 bridgehead atoms. The van der Waals surface area contributed by atoms with Crippen molar-refractivity contribution in [3.8, 4) is 0 Å². The fraction of sp³-hybridized carbons (Fsp3) is 0.318. The number of aryl methyl sites for hydroxylation is 3. The summed E-state index contributed by atoms with van der Waals surface area (Å²) in [5, 5.41) is 4.32. The van der Waals surface area contributed by atoms with Gasteiger partial charge in [0.05, 0.1) is 11.3 Å². The highest BCUT2D eigenvalue weighted by atomic mass is 35.5. The monoisotopic (exact) mass is 398 g/mol. The number of hydrogen-bond acceptors (Lipinski definition) is 4. The Morgan fingerprint density at radius 3 is 2.29 bits per heavy atom. The average Bonchev–Trinajstić information content (AvgIpc) is 2.61. The van der Waals surface area contributed by atoms with E-state index in [1.165, 1.54) is 11.1 Å². The van der Waals surface area contributed by atoms with Crippen LogP contribution in [0.4, 0.5) is 11.4 Å². The molecular weight excluding hydrogens is 372 g/mol. The van der Waals surface area contributed by atoms with Crippen molar-refractivity contribution in [2.75, 3.05) is 18.4 Å². The molecule has 0 aliphatic rings. The number of hydrogen-bond donors (Lipinski definition) is 1. The van der Waals surface area contributed by atoms with E-state index in [0.29, 0.717) is 24.3 Å². The molecule has 0 atom stereocenters. The van der Waals surface area contributed by atoms with Crippen LogP contribution in [0.5, 0.6) is 0 Å². The van der Waals surface area contributed by atoms with E-state index in [1.54, 1.807) is 11.1 Å². The van der Waals surface area contributed by atoms with E-state index in [-0.39, 0.29) is 18.3 Å². The summed E-state index contributed by atoms with van der Waals surface area (Å²) in [6, 6.07) is 10.2. The van der Waals surface area contributed by atoms with Gasteiger partial charge in [-0.05, 0) is 70.0 Å². The van der Waals surface area contributed by atoms with E-state index in [9.17, 15) is 4.79 Å². The second-order valence-corrected chi connectivity index (χ2v) is 6.85. The molecule has 0 unspecified atom stereocenters. The third kappa shape index (κ3) is 4.42. The van der Waals surface area contributed by atoms with Crippen molar-refractivity contribution in [3.05, 3.63) is 58.9 Å². The van der Waals surface area contributed by atoms with Crippen LogP contribution in [0.15, 0.2) is 36.5 Å². The van der Waals surface area contributed by atoms with E-state index in [0.717, 1.165) is 22.5 Å². The number of amides is 1. The van der Waals surface area contributed by atoms with Gasteiger partial charge in [0.15, 0.2) is 5.65 Å². The molecule has 0 saturated carbocycles. The van der Waals surface area contributed by atoms with Crippen LogP contribution in [-0.2, 0) is 0 Å². The molecule has 1 amide bonds. The molecular formula is C22H27ClN4O. The van der Waals surface area contributed by atoms with Gasteiger partial charge in [-0.15, -0.1) is 12.4 Å². The molecule has 148 valence electrons. The van der Waals surface area contributed by atoms with Crippen LogP contribution in [0, 0.1) is 20.8 Å². The Morgan fingerprint density at radius 2 is 1.68 bits per heavy atom. The topological polar surface area (TPSA) is 58.1 Å². The molecule has 2 heterocycles. The SMILES string of the molecule is CCN(CC)C(=O)c1cnc2nc(C)ccc2c1Nc1cc(C)cc(C)c1.Cl. The quantitative estimate of drug-likeness (QED) is 0.641. The first-order valence-corrected chi connectivity index (χ1v) is 9.33. The van der Waals surface area contributed by atoms with Crippen LogP contribution in [-0.4, -0.2) is 33.9 Å². The maximum Gasteiger partial charge on any atom is 0.257 e. The van der Waals surface area contributed by atoms with Gasteiger partial charge in [0.25, 0.3) is 5.91 Å². The number of carbonyl (C=O) groups is 1. The van der Waals surface area contributed by atoms with Gasteiger partial charge in [-0.25, -0.2) is 9.97 Å². The third-order valence-corrected chi connectivity index (χ3v) is 4.64. The average molecular weight is 399 g/mol. The molecule has 28 heavy (non-hydrogen) atoms. The highest BCUT2D eigenvalue weighted by molar-refractivity contribution is 6.07. The van der Waals surface area contributed by atoms with Crippen molar-refractivity contribution < 1.29 is 4.79 Å². The minimum atomic E-state index is -0.0261. The van der Waals surface area contributed by atoms with Crippen LogP contribution >= 0.6 is 12.4 Å². The molecule has 3 aromatic rings. The molecule has 0 fully saturated rings. The van der Waals surface area contributed by atoms with Gasteiger partial charge >= 0.3 is 0 Å². The van der Waals surface area contributed by atoms with E-state index in [1.807, 2.05) is 32.9 Å². The number of fused-ring (bicyclic) bond motifs is 1. The maximum absolute atomic E-state index is 13.1. The molecule has 0 aliphatic heterocycles. The minimum absolute atomic E-state index is 0. The molecule has 1 aromatic carbocycles. The van der Waals surface area contributed by atoms with Crippen molar-refractivity contribution in [3.63, 3.8) is 0 Å². The van der Waals surface area contributed by atoms with Crippen molar-refractivity contribution in [2.45, 2.75) is 34.6 Å². The van der Waals surface area contributed by atoms with Gasteiger partial charge < -0.3 is 10.2 Å². The molecule has 2 aromatic heterocycles. The summed E-state index contributed by atoms with van der Waals surface area (Å²) in [5.74, 6) is -0.0261. The second kappa shape index (κ2) is 9.02. The van der Waals surface area contributed by atoms with Gasteiger partial charge in [0.1, 0.15) is 0 Å². The number of rotatable bonds is 5. The first kappa shape index (κ1) is 21.6. The lowest BCUT2D eigenvalue weighted by Crippen LogP contribution is -2.31. The summed E-state index contributed by atoms with van der Waals surface area (Å²) < 4.78 is 0. The summed E-state index contributed by atoms with van der Waals surface area (Å²) in [6.07, 6.45) is 1.64.